The lowest BCUT2D eigenvalue weighted by Crippen LogP contribution is -2.42. The molecular formula is C10H20N2. The number of nitrogens with one attached hydrogen (secondary N) is 1. The van der Waals surface area contributed by atoms with E-state index in [-0.39, 0.29) is 0 Å². The molecule has 70 valence electrons. The number of hydrogen-bond donors (Lipinski definition) is 1. The SMILES string of the molecule is CN1CCCC2CCNCCC21. The van der Waals surface area contributed by atoms with Crippen LogP contribution in [0.4, 0.5) is 0 Å². The number of nitrogens with zero attached hydrogens (tertiary/aromatic N) is 1. The average Bonchev–Trinajstić information content (AvgIpc) is 2.30. The third kappa shape index (κ3) is 1.64. The molecule has 1 N–H and O–H groups in total. The Labute approximate surface area is 75.3 Å². The second-order valence-corrected chi connectivity index (χ2v) is 4.28. The van der Waals surface area contributed by atoms with Gasteiger partial charge in [-0.25, -0.2) is 0 Å². The van der Waals surface area contributed by atoms with Gasteiger partial charge in [-0.15, -0.1) is 0 Å². The zero-order valence-electron chi connectivity index (χ0n) is 8.05. The molecule has 0 amide bonds. The van der Waals surface area contributed by atoms with Gasteiger partial charge in [0.2, 0.25) is 0 Å². The first-order valence-electron chi connectivity index (χ1n) is 5.29. The lowest BCUT2D eigenvalue weighted by molar-refractivity contribution is 0.117. The molecule has 0 aromatic rings. The van der Waals surface area contributed by atoms with Gasteiger partial charge in [0.05, 0.1) is 0 Å². The molecule has 2 nitrogen and oxygen atoms in total. The van der Waals surface area contributed by atoms with Gasteiger partial charge in [0, 0.05) is 6.04 Å². The van der Waals surface area contributed by atoms with Crippen LogP contribution in [-0.4, -0.2) is 37.6 Å². The van der Waals surface area contributed by atoms with Crippen molar-refractivity contribution in [3.8, 4) is 0 Å². The van der Waals surface area contributed by atoms with Gasteiger partial charge in [-0.05, 0) is 58.3 Å². The van der Waals surface area contributed by atoms with Gasteiger partial charge < -0.3 is 10.2 Å². The van der Waals surface area contributed by atoms with Crippen molar-refractivity contribution in [2.75, 3.05) is 26.7 Å². The van der Waals surface area contributed by atoms with Crippen molar-refractivity contribution in [1.29, 1.82) is 0 Å². The second-order valence-electron chi connectivity index (χ2n) is 4.28. The largest absolute Gasteiger partial charge is 0.317 e. The highest BCUT2D eigenvalue weighted by Crippen LogP contribution is 2.28. The fourth-order valence-corrected chi connectivity index (χ4v) is 2.78. The van der Waals surface area contributed by atoms with Crippen molar-refractivity contribution in [2.45, 2.75) is 31.7 Å². The second kappa shape index (κ2) is 3.75. The standard InChI is InChI=1S/C10H20N2/c1-12-8-2-3-9-4-6-11-7-5-10(9)12/h9-11H,2-8H2,1H3. The van der Waals surface area contributed by atoms with Gasteiger partial charge in [0.25, 0.3) is 0 Å². The Balaban J connectivity index is 2.00. The zero-order chi connectivity index (χ0) is 8.39. The van der Waals surface area contributed by atoms with E-state index in [0.717, 1.165) is 12.0 Å². The number of rotatable bonds is 0. The maximum Gasteiger partial charge on any atom is 0.0133 e. The molecule has 0 aromatic heterocycles. The van der Waals surface area contributed by atoms with Crippen LogP contribution in [-0.2, 0) is 0 Å². The molecule has 0 radical (unpaired) electrons. The Morgan fingerprint density at radius 1 is 1.17 bits per heavy atom. The number of hydrogen-bond acceptors (Lipinski definition) is 2. The summed E-state index contributed by atoms with van der Waals surface area (Å²) in [7, 11) is 2.29. The lowest BCUT2D eigenvalue weighted by Gasteiger charge is -2.38. The molecule has 2 saturated heterocycles. The van der Waals surface area contributed by atoms with E-state index >= 15 is 0 Å². The van der Waals surface area contributed by atoms with Crippen molar-refractivity contribution in [3.63, 3.8) is 0 Å². The monoisotopic (exact) mass is 168 g/mol. The van der Waals surface area contributed by atoms with Crippen LogP contribution < -0.4 is 5.32 Å². The summed E-state index contributed by atoms with van der Waals surface area (Å²) < 4.78 is 0. The fourth-order valence-electron chi connectivity index (χ4n) is 2.78. The summed E-state index contributed by atoms with van der Waals surface area (Å²) in [5, 5.41) is 3.50. The van der Waals surface area contributed by atoms with Crippen molar-refractivity contribution in [2.24, 2.45) is 5.92 Å². The van der Waals surface area contributed by atoms with E-state index in [0.29, 0.717) is 0 Å². The van der Waals surface area contributed by atoms with Gasteiger partial charge in [-0.1, -0.05) is 0 Å². The molecule has 0 aliphatic carbocycles. The first-order chi connectivity index (χ1) is 5.88. The molecule has 2 heteroatoms. The summed E-state index contributed by atoms with van der Waals surface area (Å²) in [5.41, 5.74) is 0. The molecule has 0 aromatic carbocycles. The summed E-state index contributed by atoms with van der Waals surface area (Å²) in [5.74, 6) is 0.985. The molecule has 12 heavy (non-hydrogen) atoms. The number of likely N-dealkylation sites (tertiary alicyclic amines) is 1. The Bertz CT molecular complexity index is 147. The normalized spacial score (nSPS) is 38.8. The molecule has 2 heterocycles. The third-order valence-corrected chi connectivity index (χ3v) is 3.50. The van der Waals surface area contributed by atoms with Gasteiger partial charge in [-0.3, -0.25) is 0 Å². The van der Waals surface area contributed by atoms with Gasteiger partial charge in [0.1, 0.15) is 0 Å². The average molecular weight is 168 g/mol. The Morgan fingerprint density at radius 2 is 2.00 bits per heavy atom. The van der Waals surface area contributed by atoms with Gasteiger partial charge in [-0.2, -0.15) is 0 Å². The van der Waals surface area contributed by atoms with E-state index in [1.807, 2.05) is 0 Å². The molecule has 0 saturated carbocycles. The highest BCUT2D eigenvalue weighted by molar-refractivity contribution is 4.85. The van der Waals surface area contributed by atoms with Crippen LogP contribution >= 0.6 is 0 Å². The van der Waals surface area contributed by atoms with Crippen LogP contribution in [0.2, 0.25) is 0 Å². The van der Waals surface area contributed by atoms with Crippen LogP contribution in [0.25, 0.3) is 0 Å². The summed E-state index contributed by atoms with van der Waals surface area (Å²) in [4.78, 5) is 2.57. The van der Waals surface area contributed by atoms with Crippen LogP contribution in [0, 0.1) is 5.92 Å². The molecule has 2 atom stereocenters. The fraction of sp³-hybridized carbons (Fsp3) is 1.00. The van der Waals surface area contributed by atoms with Crippen molar-refractivity contribution in [3.05, 3.63) is 0 Å². The third-order valence-electron chi connectivity index (χ3n) is 3.50. The van der Waals surface area contributed by atoms with E-state index in [1.165, 1.54) is 45.3 Å². The Morgan fingerprint density at radius 3 is 2.92 bits per heavy atom. The predicted molar refractivity (Wildman–Crippen MR) is 51.2 cm³/mol. The summed E-state index contributed by atoms with van der Waals surface area (Å²) in [6.07, 6.45) is 5.64. The zero-order valence-corrected chi connectivity index (χ0v) is 8.05. The summed E-state index contributed by atoms with van der Waals surface area (Å²) in [6, 6.07) is 0.883. The van der Waals surface area contributed by atoms with Crippen molar-refractivity contribution in [1.82, 2.24) is 10.2 Å². The number of piperidine rings is 1. The van der Waals surface area contributed by atoms with Crippen LogP contribution in [0.1, 0.15) is 25.7 Å². The predicted octanol–water partition coefficient (Wildman–Crippen LogP) is 1.08. The first kappa shape index (κ1) is 8.52. The Hall–Kier alpha value is -0.0800. The van der Waals surface area contributed by atoms with Crippen LogP contribution in [0.15, 0.2) is 0 Å². The quantitative estimate of drug-likeness (QED) is 0.582. The topological polar surface area (TPSA) is 15.3 Å². The van der Waals surface area contributed by atoms with Crippen molar-refractivity contribution >= 4 is 0 Å². The molecule has 0 bridgehead atoms. The van der Waals surface area contributed by atoms with Crippen LogP contribution in [0.5, 0.6) is 0 Å². The molecule has 2 aliphatic heterocycles. The van der Waals surface area contributed by atoms with Crippen molar-refractivity contribution < 1.29 is 0 Å². The smallest absolute Gasteiger partial charge is 0.0133 e. The molecule has 2 unspecified atom stereocenters. The number of fused-ring (bicyclic) bond motifs is 1. The van der Waals surface area contributed by atoms with E-state index in [4.69, 9.17) is 0 Å². The minimum atomic E-state index is 0.883. The minimum absolute atomic E-state index is 0.883. The van der Waals surface area contributed by atoms with Gasteiger partial charge >= 0.3 is 0 Å². The molecule has 0 spiro atoms. The Kier molecular flexibility index (Phi) is 2.66. The minimum Gasteiger partial charge on any atom is -0.317 e. The maximum absolute atomic E-state index is 3.50. The van der Waals surface area contributed by atoms with E-state index in [9.17, 15) is 0 Å². The molecular weight excluding hydrogens is 148 g/mol. The molecule has 2 fully saturated rings. The lowest BCUT2D eigenvalue weighted by atomic mass is 9.86. The first-order valence-corrected chi connectivity index (χ1v) is 5.29. The highest BCUT2D eigenvalue weighted by atomic mass is 15.1. The maximum atomic E-state index is 3.50. The summed E-state index contributed by atoms with van der Waals surface area (Å²) >= 11 is 0. The van der Waals surface area contributed by atoms with E-state index in [1.54, 1.807) is 0 Å². The van der Waals surface area contributed by atoms with E-state index in [2.05, 4.69) is 17.3 Å². The van der Waals surface area contributed by atoms with Gasteiger partial charge in [0.15, 0.2) is 0 Å². The molecule has 2 aliphatic rings. The highest BCUT2D eigenvalue weighted by Gasteiger charge is 2.29. The molecule has 2 rings (SSSR count). The van der Waals surface area contributed by atoms with Crippen LogP contribution in [0.3, 0.4) is 0 Å². The summed E-state index contributed by atoms with van der Waals surface area (Å²) in [6.45, 7) is 3.79. The van der Waals surface area contributed by atoms with E-state index < -0.39 is 0 Å².